The third kappa shape index (κ3) is 3.66. The lowest BCUT2D eigenvalue weighted by Crippen LogP contribution is -2.49. The normalized spacial score (nSPS) is 32.6. The van der Waals surface area contributed by atoms with E-state index in [9.17, 15) is 24.9 Å². The first-order valence-electron chi connectivity index (χ1n) is 6.40. The zero-order valence-electron chi connectivity index (χ0n) is 12.2. The van der Waals surface area contributed by atoms with Gasteiger partial charge in [-0.25, -0.2) is 0 Å². The largest absolute Gasteiger partial charge is 0.393 e. The quantitative estimate of drug-likeness (QED) is 0.506. The van der Waals surface area contributed by atoms with Gasteiger partial charge < -0.3 is 24.8 Å². The van der Waals surface area contributed by atoms with Crippen LogP contribution in [-0.2, 0) is 19.1 Å². The van der Waals surface area contributed by atoms with E-state index in [1.165, 1.54) is 27.2 Å². The van der Waals surface area contributed by atoms with Crippen molar-refractivity contribution in [3.63, 3.8) is 0 Å². The van der Waals surface area contributed by atoms with Crippen LogP contribution >= 0.6 is 0 Å². The smallest absolute Gasteiger partial charge is 0.225 e. The Labute approximate surface area is 122 Å². The predicted molar refractivity (Wildman–Crippen MR) is 70.9 cm³/mol. The van der Waals surface area contributed by atoms with Crippen molar-refractivity contribution in [3.05, 3.63) is 12.3 Å². The Hall–Kier alpha value is -1.32. The standard InChI is InChI=1S/C13H21NO7/c1-8(16)4-5-14(9(2)17)12-10(18)11(19)13(6-15,21-12)7-20-3/h4-5,10-12,15,18-19H,6-7H2,1-3H3/b5-4-/t10-,11?,12+,13+/m0/s1. The Morgan fingerprint density at radius 1 is 1.38 bits per heavy atom. The summed E-state index contributed by atoms with van der Waals surface area (Å²) in [5.41, 5.74) is -1.53. The summed E-state index contributed by atoms with van der Waals surface area (Å²) in [7, 11) is 1.35. The molecule has 0 spiro atoms. The minimum Gasteiger partial charge on any atom is -0.393 e. The summed E-state index contributed by atoms with van der Waals surface area (Å²) >= 11 is 0. The summed E-state index contributed by atoms with van der Waals surface area (Å²) < 4.78 is 10.4. The van der Waals surface area contributed by atoms with Gasteiger partial charge >= 0.3 is 0 Å². The molecule has 0 aromatic heterocycles. The highest BCUT2D eigenvalue weighted by Crippen LogP contribution is 2.33. The number of aliphatic hydroxyl groups excluding tert-OH is 3. The molecule has 3 N–H and O–H groups in total. The average molecular weight is 303 g/mol. The second-order valence-corrected chi connectivity index (χ2v) is 4.95. The lowest BCUT2D eigenvalue weighted by atomic mass is 9.97. The SMILES string of the molecule is COC[C@@]1(CO)O[C@@H](N(/C=C\C(C)=O)C(C)=O)[C@@H](O)C1O. The van der Waals surface area contributed by atoms with Gasteiger partial charge in [0.2, 0.25) is 5.91 Å². The third-order valence-electron chi connectivity index (χ3n) is 3.27. The molecule has 1 fully saturated rings. The molecule has 1 aliphatic heterocycles. The maximum absolute atomic E-state index is 11.6. The lowest BCUT2D eigenvalue weighted by Gasteiger charge is -2.30. The maximum Gasteiger partial charge on any atom is 0.225 e. The van der Waals surface area contributed by atoms with E-state index < -0.39 is 36.6 Å². The van der Waals surface area contributed by atoms with Crippen LogP contribution in [0, 0.1) is 0 Å². The zero-order valence-corrected chi connectivity index (χ0v) is 12.2. The van der Waals surface area contributed by atoms with E-state index in [1.807, 2.05) is 0 Å². The van der Waals surface area contributed by atoms with Gasteiger partial charge in [-0.05, 0) is 13.0 Å². The number of methoxy groups -OCH3 is 1. The van der Waals surface area contributed by atoms with Crippen molar-refractivity contribution in [1.29, 1.82) is 0 Å². The third-order valence-corrected chi connectivity index (χ3v) is 3.27. The first-order chi connectivity index (χ1) is 9.79. The Bertz CT molecular complexity index is 425. The highest BCUT2D eigenvalue weighted by atomic mass is 16.6. The fraction of sp³-hybridized carbons (Fsp3) is 0.692. The molecule has 0 aromatic carbocycles. The number of amides is 1. The highest BCUT2D eigenvalue weighted by molar-refractivity contribution is 5.88. The van der Waals surface area contributed by atoms with Gasteiger partial charge in [-0.3, -0.25) is 14.5 Å². The Balaban J connectivity index is 3.05. The molecule has 120 valence electrons. The molecule has 8 nitrogen and oxygen atoms in total. The minimum atomic E-state index is -1.53. The Kier molecular flexibility index (Phi) is 5.99. The fourth-order valence-corrected chi connectivity index (χ4v) is 2.16. The Morgan fingerprint density at radius 3 is 2.43 bits per heavy atom. The number of nitrogens with zero attached hydrogens (tertiary/aromatic N) is 1. The van der Waals surface area contributed by atoms with Crippen molar-refractivity contribution in [3.8, 4) is 0 Å². The second-order valence-electron chi connectivity index (χ2n) is 4.95. The van der Waals surface area contributed by atoms with Crippen molar-refractivity contribution in [2.75, 3.05) is 20.3 Å². The number of allylic oxidation sites excluding steroid dienone is 1. The van der Waals surface area contributed by atoms with Crippen LogP contribution in [0.1, 0.15) is 13.8 Å². The van der Waals surface area contributed by atoms with Gasteiger partial charge in [0.25, 0.3) is 0 Å². The molecule has 1 unspecified atom stereocenters. The number of hydrogen-bond donors (Lipinski definition) is 3. The number of rotatable bonds is 6. The Morgan fingerprint density at radius 2 is 2.00 bits per heavy atom. The molecule has 0 bridgehead atoms. The van der Waals surface area contributed by atoms with E-state index in [4.69, 9.17) is 9.47 Å². The molecule has 0 radical (unpaired) electrons. The average Bonchev–Trinajstić information content (AvgIpc) is 2.65. The highest BCUT2D eigenvalue weighted by Gasteiger charge is 2.56. The van der Waals surface area contributed by atoms with E-state index >= 15 is 0 Å². The number of ketones is 1. The van der Waals surface area contributed by atoms with Gasteiger partial charge in [0, 0.05) is 20.2 Å². The molecule has 1 aliphatic rings. The van der Waals surface area contributed by atoms with E-state index in [-0.39, 0.29) is 12.4 Å². The number of carbonyl (C=O) groups is 2. The van der Waals surface area contributed by atoms with Crippen LogP contribution in [0.3, 0.4) is 0 Å². The molecule has 4 atom stereocenters. The predicted octanol–water partition coefficient (Wildman–Crippen LogP) is -1.61. The summed E-state index contributed by atoms with van der Waals surface area (Å²) in [4.78, 5) is 23.6. The number of aliphatic hydroxyl groups is 3. The zero-order chi connectivity index (χ0) is 16.2. The van der Waals surface area contributed by atoms with Gasteiger partial charge in [0.15, 0.2) is 12.0 Å². The first kappa shape index (κ1) is 17.7. The van der Waals surface area contributed by atoms with E-state index in [1.54, 1.807) is 0 Å². The molecule has 1 heterocycles. The summed E-state index contributed by atoms with van der Waals surface area (Å²) in [6, 6.07) is 0. The summed E-state index contributed by atoms with van der Waals surface area (Å²) in [5.74, 6) is -0.783. The van der Waals surface area contributed by atoms with Crippen LogP contribution in [0.5, 0.6) is 0 Å². The molecular formula is C13H21NO7. The summed E-state index contributed by atoms with van der Waals surface area (Å²) in [6.45, 7) is 1.76. The van der Waals surface area contributed by atoms with Crippen LogP contribution in [0.4, 0.5) is 0 Å². The minimum absolute atomic E-state index is 0.166. The molecule has 21 heavy (non-hydrogen) atoms. The van der Waals surface area contributed by atoms with Gasteiger partial charge in [-0.2, -0.15) is 0 Å². The van der Waals surface area contributed by atoms with Crippen molar-refractivity contribution in [2.45, 2.75) is 37.9 Å². The van der Waals surface area contributed by atoms with Gasteiger partial charge in [-0.1, -0.05) is 0 Å². The monoisotopic (exact) mass is 303 g/mol. The molecule has 1 amide bonds. The summed E-state index contributed by atoms with van der Waals surface area (Å²) in [6.07, 6.45) is -1.81. The van der Waals surface area contributed by atoms with Crippen molar-refractivity contribution in [1.82, 2.24) is 4.90 Å². The van der Waals surface area contributed by atoms with Crippen molar-refractivity contribution < 1.29 is 34.4 Å². The number of ether oxygens (including phenoxy) is 2. The second kappa shape index (κ2) is 7.10. The maximum atomic E-state index is 11.6. The van der Waals surface area contributed by atoms with Gasteiger partial charge in [0.05, 0.1) is 13.2 Å². The van der Waals surface area contributed by atoms with Crippen LogP contribution in [0.2, 0.25) is 0 Å². The van der Waals surface area contributed by atoms with Crippen LogP contribution in [0.25, 0.3) is 0 Å². The summed E-state index contributed by atoms with van der Waals surface area (Å²) in [5, 5.41) is 29.6. The first-order valence-corrected chi connectivity index (χ1v) is 6.40. The van der Waals surface area contributed by atoms with E-state index in [2.05, 4.69) is 0 Å². The van der Waals surface area contributed by atoms with E-state index in [0.717, 1.165) is 11.0 Å². The molecule has 1 rings (SSSR count). The number of hydrogen-bond acceptors (Lipinski definition) is 7. The molecular weight excluding hydrogens is 282 g/mol. The van der Waals surface area contributed by atoms with Crippen LogP contribution in [0.15, 0.2) is 12.3 Å². The van der Waals surface area contributed by atoms with E-state index in [0.29, 0.717) is 0 Å². The lowest BCUT2D eigenvalue weighted by molar-refractivity contribution is -0.171. The van der Waals surface area contributed by atoms with Crippen LogP contribution < -0.4 is 0 Å². The fourth-order valence-electron chi connectivity index (χ4n) is 2.16. The molecule has 0 saturated carbocycles. The topological polar surface area (TPSA) is 117 Å². The van der Waals surface area contributed by atoms with Crippen molar-refractivity contribution >= 4 is 11.7 Å². The van der Waals surface area contributed by atoms with Crippen LogP contribution in [-0.4, -0.2) is 76.3 Å². The van der Waals surface area contributed by atoms with Gasteiger partial charge in [-0.15, -0.1) is 0 Å². The molecule has 1 saturated heterocycles. The molecule has 0 aromatic rings. The van der Waals surface area contributed by atoms with Crippen molar-refractivity contribution in [2.24, 2.45) is 0 Å². The van der Waals surface area contributed by atoms with Gasteiger partial charge in [0.1, 0.15) is 17.8 Å². The number of carbonyl (C=O) groups excluding carboxylic acids is 2. The molecule has 0 aliphatic carbocycles. The molecule has 8 heteroatoms.